The van der Waals surface area contributed by atoms with Crippen LogP contribution in [0.5, 0.6) is 0 Å². The summed E-state index contributed by atoms with van der Waals surface area (Å²) in [4.78, 5) is 45.3. The van der Waals surface area contributed by atoms with E-state index in [1.165, 1.54) is 0 Å². The van der Waals surface area contributed by atoms with E-state index < -0.39 is 47.5 Å². The third kappa shape index (κ3) is 3.25. The topological polar surface area (TPSA) is 155 Å². The van der Waals surface area contributed by atoms with Crippen molar-refractivity contribution < 1.29 is 24.2 Å². The largest absolute Gasteiger partial charge is 0.481 e. The smallest absolute Gasteiger partial charge is 0.328 e. The minimum atomic E-state index is -1.75. The Morgan fingerprint density at radius 3 is 2.47 bits per heavy atom. The highest BCUT2D eigenvalue weighted by atomic mass is 19.1. The lowest BCUT2D eigenvalue weighted by atomic mass is 10.1. The zero-order chi connectivity index (χ0) is 14.7. The van der Waals surface area contributed by atoms with Crippen LogP contribution in [0.2, 0.25) is 0 Å². The molecule has 0 spiro atoms. The van der Waals surface area contributed by atoms with Crippen molar-refractivity contribution in [2.45, 2.75) is 18.5 Å². The normalized spacial score (nSPS) is 13.8. The van der Waals surface area contributed by atoms with Crippen LogP contribution in [-0.2, 0) is 9.59 Å². The number of nitrogens with two attached hydrogens (primary N) is 1. The standard InChI is InChI=1S/C9H10FN3O6/c10-3-2-13(9(19)12-7(3)16)4(1-5(14)15)6(11)8(17)18/h2,4,6H,1,11H2,(H,14,15)(H,17,18)(H,12,16,19)/t4?,6-/m0/s1. The number of carboxylic acid groups (broad SMARTS) is 2. The molecule has 0 fully saturated rings. The van der Waals surface area contributed by atoms with Crippen LogP contribution in [0.15, 0.2) is 15.8 Å². The second-order valence-corrected chi connectivity index (χ2v) is 3.67. The monoisotopic (exact) mass is 275 g/mol. The minimum Gasteiger partial charge on any atom is -0.481 e. The Labute approximate surface area is 104 Å². The molecule has 1 aromatic heterocycles. The van der Waals surface area contributed by atoms with E-state index in [4.69, 9.17) is 15.9 Å². The first kappa shape index (κ1) is 14.6. The Balaban J connectivity index is 3.36. The molecule has 1 heterocycles. The van der Waals surface area contributed by atoms with E-state index >= 15 is 0 Å². The van der Waals surface area contributed by atoms with Gasteiger partial charge in [0.05, 0.1) is 18.7 Å². The molecule has 5 N–H and O–H groups in total. The van der Waals surface area contributed by atoms with Crippen LogP contribution in [0, 0.1) is 5.82 Å². The number of carboxylic acids is 2. The predicted molar refractivity (Wildman–Crippen MR) is 58.2 cm³/mol. The molecule has 2 atom stereocenters. The van der Waals surface area contributed by atoms with Gasteiger partial charge < -0.3 is 15.9 Å². The molecule has 0 aliphatic carbocycles. The van der Waals surface area contributed by atoms with Crippen LogP contribution in [-0.4, -0.2) is 37.7 Å². The van der Waals surface area contributed by atoms with Gasteiger partial charge in [-0.2, -0.15) is 4.39 Å². The number of aromatic amines is 1. The van der Waals surface area contributed by atoms with Crippen molar-refractivity contribution >= 4 is 11.9 Å². The highest BCUT2D eigenvalue weighted by molar-refractivity contribution is 5.76. The summed E-state index contributed by atoms with van der Waals surface area (Å²) in [6, 6.07) is -3.28. The van der Waals surface area contributed by atoms with Crippen molar-refractivity contribution in [3.8, 4) is 0 Å². The molecule has 0 aliphatic rings. The number of aromatic nitrogens is 2. The van der Waals surface area contributed by atoms with Gasteiger partial charge in [-0.05, 0) is 0 Å². The van der Waals surface area contributed by atoms with Gasteiger partial charge in [0.25, 0.3) is 5.56 Å². The third-order valence-corrected chi connectivity index (χ3v) is 2.37. The van der Waals surface area contributed by atoms with Gasteiger partial charge in [0.2, 0.25) is 5.82 Å². The number of nitrogens with one attached hydrogen (secondary N) is 1. The first-order chi connectivity index (χ1) is 8.73. The molecule has 0 saturated heterocycles. The molecule has 10 heteroatoms. The first-order valence-corrected chi connectivity index (χ1v) is 4.95. The maximum Gasteiger partial charge on any atom is 0.328 e. The zero-order valence-electron chi connectivity index (χ0n) is 9.37. The highest BCUT2D eigenvalue weighted by Crippen LogP contribution is 2.13. The molecule has 0 saturated carbocycles. The number of halogens is 1. The molecule has 0 bridgehead atoms. The van der Waals surface area contributed by atoms with E-state index in [-0.39, 0.29) is 0 Å². The molecule has 19 heavy (non-hydrogen) atoms. The van der Waals surface area contributed by atoms with E-state index in [1.54, 1.807) is 4.98 Å². The number of H-pyrrole nitrogens is 1. The summed E-state index contributed by atoms with van der Waals surface area (Å²) in [5.41, 5.74) is 2.82. The summed E-state index contributed by atoms with van der Waals surface area (Å²) < 4.78 is 13.5. The molecular weight excluding hydrogens is 265 g/mol. The van der Waals surface area contributed by atoms with Crippen LogP contribution in [0.4, 0.5) is 4.39 Å². The average molecular weight is 275 g/mol. The van der Waals surface area contributed by atoms with E-state index in [2.05, 4.69) is 0 Å². The van der Waals surface area contributed by atoms with Gasteiger partial charge in [-0.25, -0.2) is 4.79 Å². The Morgan fingerprint density at radius 1 is 1.42 bits per heavy atom. The summed E-state index contributed by atoms with van der Waals surface area (Å²) in [5, 5.41) is 17.4. The molecule has 104 valence electrons. The summed E-state index contributed by atoms with van der Waals surface area (Å²) in [6.45, 7) is 0. The lowest BCUT2D eigenvalue weighted by Crippen LogP contribution is -2.45. The van der Waals surface area contributed by atoms with Crippen LogP contribution in [0.1, 0.15) is 12.5 Å². The van der Waals surface area contributed by atoms with Gasteiger partial charge in [0.15, 0.2) is 0 Å². The lowest BCUT2D eigenvalue weighted by molar-refractivity contribution is -0.141. The van der Waals surface area contributed by atoms with Gasteiger partial charge in [-0.3, -0.25) is 23.9 Å². The molecule has 0 aliphatic heterocycles. The number of nitrogens with zero attached hydrogens (tertiary/aromatic N) is 1. The van der Waals surface area contributed by atoms with Gasteiger partial charge in [0.1, 0.15) is 6.04 Å². The van der Waals surface area contributed by atoms with E-state index in [1.807, 2.05) is 0 Å². The second-order valence-electron chi connectivity index (χ2n) is 3.67. The fourth-order valence-corrected chi connectivity index (χ4v) is 1.45. The molecule has 9 nitrogen and oxygen atoms in total. The fraction of sp³-hybridized carbons (Fsp3) is 0.333. The van der Waals surface area contributed by atoms with Crippen molar-refractivity contribution in [1.82, 2.24) is 9.55 Å². The summed E-state index contributed by atoms with van der Waals surface area (Å²) in [7, 11) is 0. The minimum absolute atomic E-state index is 0.428. The molecule has 1 rings (SSSR count). The number of hydrogen-bond donors (Lipinski definition) is 4. The van der Waals surface area contributed by atoms with E-state index in [9.17, 15) is 23.6 Å². The zero-order valence-corrected chi connectivity index (χ0v) is 9.37. The molecule has 0 aromatic carbocycles. The van der Waals surface area contributed by atoms with Gasteiger partial charge in [0, 0.05) is 0 Å². The average Bonchev–Trinajstić information content (AvgIpc) is 2.30. The van der Waals surface area contributed by atoms with Crippen molar-refractivity contribution in [3.05, 3.63) is 32.9 Å². The second kappa shape index (κ2) is 5.44. The Bertz CT molecular complexity index is 621. The maximum atomic E-state index is 13.1. The number of carbonyl (C=O) groups is 2. The lowest BCUT2D eigenvalue weighted by Gasteiger charge is -2.21. The van der Waals surface area contributed by atoms with E-state index in [0.29, 0.717) is 10.8 Å². The quantitative estimate of drug-likeness (QED) is 0.489. The SMILES string of the molecule is N[C@H](C(=O)O)C(CC(=O)O)n1cc(F)c(=O)[nH]c1=O. The highest BCUT2D eigenvalue weighted by Gasteiger charge is 2.29. The first-order valence-electron chi connectivity index (χ1n) is 4.95. The van der Waals surface area contributed by atoms with Crippen molar-refractivity contribution in [1.29, 1.82) is 0 Å². The molecule has 0 radical (unpaired) electrons. The maximum absolute atomic E-state index is 13.1. The van der Waals surface area contributed by atoms with Gasteiger partial charge >= 0.3 is 17.6 Å². The molecule has 0 amide bonds. The van der Waals surface area contributed by atoms with Crippen LogP contribution in [0.25, 0.3) is 0 Å². The molecule has 1 unspecified atom stereocenters. The van der Waals surface area contributed by atoms with Crippen LogP contribution < -0.4 is 17.0 Å². The number of hydrogen-bond acceptors (Lipinski definition) is 5. The number of rotatable bonds is 5. The van der Waals surface area contributed by atoms with Gasteiger partial charge in [-0.1, -0.05) is 0 Å². The van der Waals surface area contributed by atoms with Crippen molar-refractivity contribution in [2.75, 3.05) is 0 Å². The third-order valence-electron chi connectivity index (χ3n) is 2.37. The molecule has 1 aromatic rings. The predicted octanol–water partition coefficient (Wildman–Crippen LogP) is -1.90. The fourth-order valence-electron chi connectivity index (χ4n) is 1.45. The van der Waals surface area contributed by atoms with E-state index in [0.717, 1.165) is 0 Å². The van der Waals surface area contributed by atoms with Crippen molar-refractivity contribution in [3.63, 3.8) is 0 Å². The summed E-state index contributed by atoms with van der Waals surface area (Å²) in [5.74, 6) is -4.35. The van der Waals surface area contributed by atoms with Crippen LogP contribution in [0.3, 0.4) is 0 Å². The Hall–Kier alpha value is -2.49. The summed E-state index contributed by atoms with van der Waals surface area (Å²) >= 11 is 0. The van der Waals surface area contributed by atoms with Gasteiger partial charge in [-0.15, -0.1) is 0 Å². The Kier molecular flexibility index (Phi) is 4.17. The number of aliphatic carboxylic acids is 2. The molecular formula is C9H10FN3O6. The van der Waals surface area contributed by atoms with Crippen molar-refractivity contribution in [2.24, 2.45) is 5.73 Å². The van der Waals surface area contributed by atoms with Crippen LogP contribution >= 0.6 is 0 Å². The Morgan fingerprint density at radius 2 is 2.00 bits per heavy atom. The summed E-state index contributed by atoms with van der Waals surface area (Å²) in [6.07, 6.45) is -0.392.